The molecule has 0 aromatic heterocycles. The number of esters is 1. The average Bonchev–Trinajstić information content (AvgIpc) is 3.07. The largest absolute Gasteiger partial charge is 0.465 e. The fraction of sp³-hybridized carbons (Fsp3) is 0.316. The molecule has 1 heterocycles. The van der Waals surface area contributed by atoms with Gasteiger partial charge in [0, 0.05) is 10.9 Å². The minimum absolute atomic E-state index is 0.0456. The third-order valence-electron chi connectivity index (χ3n) is 5.04. The van der Waals surface area contributed by atoms with Gasteiger partial charge in [0.2, 0.25) is 6.79 Å². The first-order chi connectivity index (χ1) is 13.3. The summed E-state index contributed by atoms with van der Waals surface area (Å²) in [7, 11) is -3.92. The van der Waals surface area contributed by atoms with Gasteiger partial charge in [-0.15, -0.1) is 0 Å². The Bertz CT molecular complexity index is 1040. The number of ether oxygens (including phenoxy) is 3. The number of sulfone groups is 1. The molecule has 0 saturated heterocycles. The van der Waals surface area contributed by atoms with Crippen LogP contribution in [0.2, 0.25) is 5.02 Å². The topological polar surface area (TPSA) is 105 Å². The van der Waals surface area contributed by atoms with E-state index in [2.05, 4.69) is 0 Å². The maximum absolute atomic E-state index is 13.3. The Kier molecular flexibility index (Phi) is 4.52. The fourth-order valence-electron chi connectivity index (χ4n) is 3.64. The second kappa shape index (κ2) is 6.65. The number of hydrogen-bond donors (Lipinski definition) is 1. The van der Waals surface area contributed by atoms with Crippen molar-refractivity contribution in [1.82, 2.24) is 0 Å². The number of nitrogens with two attached hydrogens (primary N) is 1. The van der Waals surface area contributed by atoms with Crippen LogP contribution in [0.4, 0.5) is 0 Å². The summed E-state index contributed by atoms with van der Waals surface area (Å²) in [5, 5.41) is -0.757. The molecule has 2 N–H and O–H groups in total. The summed E-state index contributed by atoms with van der Waals surface area (Å²) >= 11 is 5.86. The average molecular weight is 424 g/mol. The van der Waals surface area contributed by atoms with Gasteiger partial charge < -0.3 is 19.9 Å². The molecular formula is C19H18ClNO6S. The van der Waals surface area contributed by atoms with E-state index in [9.17, 15) is 13.2 Å². The zero-order chi connectivity index (χ0) is 20.1. The van der Waals surface area contributed by atoms with Crippen LogP contribution in [-0.2, 0) is 19.4 Å². The van der Waals surface area contributed by atoms with Gasteiger partial charge in [-0.3, -0.25) is 0 Å². The Balaban J connectivity index is 1.77. The van der Waals surface area contributed by atoms with Crippen LogP contribution in [0.15, 0.2) is 47.4 Å². The van der Waals surface area contributed by atoms with Crippen molar-refractivity contribution in [3.05, 3.63) is 53.1 Å². The monoisotopic (exact) mass is 423 g/mol. The van der Waals surface area contributed by atoms with Crippen LogP contribution in [0.3, 0.4) is 0 Å². The summed E-state index contributed by atoms with van der Waals surface area (Å²) in [4.78, 5) is 12.6. The first kappa shape index (κ1) is 19.0. The molecule has 1 aliphatic carbocycles. The van der Waals surface area contributed by atoms with Crippen molar-refractivity contribution in [2.75, 3.05) is 13.4 Å². The lowest BCUT2D eigenvalue weighted by atomic mass is 10.1. The predicted octanol–water partition coefficient (Wildman–Crippen LogP) is 2.27. The number of rotatable bonds is 5. The Hall–Kier alpha value is -2.29. The van der Waals surface area contributed by atoms with Crippen molar-refractivity contribution >= 4 is 27.4 Å². The van der Waals surface area contributed by atoms with Gasteiger partial charge in [0.15, 0.2) is 21.3 Å². The third kappa shape index (κ3) is 2.83. The van der Waals surface area contributed by atoms with Crippen LogP contribution in [0.1, 0.15) is 18.4 Å². The minimum atomic E-state index is -3.92. The molecule has 2 aromatic rings. The van der Waals surface area contributed by atoms with Gasteiger partial charge >= 0.3 is 5.97 Å². The van der Waals surface area contributed by atoms with E-state index in [1.165, 1.54) is 24.3 Å². The molecule has 0 radical (unpaired) electrons. The summed E-state index contributed by atoms with van der Waals surface area (Å²) in [6, 6.07) is 10.8. The minimum Gasteiger partial charge on any atom is -0.465 e. The van der Waals surface area contributed by atoms with E-state index in [0.717, 1.165) is 0 Å². The smallest absolute Gasteiger partial charge is 0.328 e. The molecule has 0 spiro atoms. The second-order valence-corrected chi connectivity index (χ2v) is 9.17. The number of benzene rings is 2. The van der Waals surface area contributed by atoms with Gasteiger partial charge in [-0.2, -0.15) is 0 Å². The van der Waals surface area contributed by atoms with Gasteiger partial charge in [-0.25, -0.2) is 13.2 Å². The molecule has 2 aromatic carbocycles. The summed E-state index contributed by atoms with van der Waals surface area (Å²) in [6.45, 7) is 1.82. The fourth-order valence-corrected chi connectivity index (χ4v) is 5.99. The SMILES string of the molecule is CCOC(=O)[C@@]1(N)[C@H](S(=O)(=O)c2ccc(Cl)cc2)[C@@H]1c1ccc2c(c1)OCO2. The molecule has 0 unspecified atom stereocenters. The van der Waals surface area contributed by atoms with Crippen LogP contribution in [0, 0.1) is 0 Å². The molecular weight excluding hydrogens is 406 g/mol. The standard InChI is InChI=1S/C19H18ClNO6S/c1-2-25-18(22)19(21)16(11-3-8-14-15(9-11)27-10-26-14)17(19)28(23,24)13-6-4-12(20)5-7-13/h3-9,16-17H,2,10,21H2,1H3/t16-,17+,19-/m0/s1. The lowest BCUT2D eigenvalue weighted by molar-refractivity contribution is -0.145. The van der Waals surface area contributed by atoms with Crippen LogP contribution >= 0.6 is 11.6 Å². The molecule has 1 aliphatic heterocycles. The summed E-state index contributed by atoms with van der Waals surface area (Å²) in [6.07, 6.45) is 0. The van der Waals surface area contributed by atoms with Crippen molar-refractivity contribution in [3.63, 3.8) is 0 Å². The van der Waals surface area contributed by atoms with E-state index < -0.39 is 32.5 Å². The van der Waals surface area contributed by atoms with Crippen molar-refractivity contribution in [3.8, 4) is 11.5 Å². The molecule has 28 heavy (non-hydrogen) atoms. The normalized spacial score (nSPS) is 25.4. The lowest BCUT2D eigenvalue weighted by Gasteiger charge is -2.11. The first-order valence-electron chi connectivity index (χ1n) is 8.65. The maximum Gasteiger partial charge on any atom is 0.328 e. The van der Waals surface area contributed by atoms with Crippen molar-refractivity contribution < 1.29 is 27.4 Å². The number of hydrogen-bond acceptors (Lipinski definition) is 7. The van der Waals surface area contributed by atoms with E-state index in [0.29, 0.717) is 22.1 Å². The van der Waals surface area contributed by atoms with Gasteiger partial charge in [-0.1, -0.05) is 17.7 Å². The Labute approximate surface area is 167 Å². The van der Waals surface area contributed by atoms with E-state index in [-0.39, 0.29) is 18.3 Å². The molecule has 3 atom stereocenters. The van der Waals surface area contributed by atoms with Gasteiger partial charge in [-0.05, 0) is 48.9 Å². The first-order valence-corrected chi connectivity index (χ1v) is 10.6. The molecule has 7 nitrogen and oxygen atoms in total. The summed E-state index contributed by atoms with van der Waals surface area (Å²) < 4.78 is 42.3. The lowest BCUT2D eigenvalue weighted by Crippen LogP contribution is -2.41. The highest BCUT2D eigenvalue weighted by molar-refractivity contribution is 7.92. The van der Waals surface area contributed by atoms with Crippen molar-refractivity contribution in [2.45, 2.75) is 28.5 Å². The number of carbonyl (C=O) groups is 1. The number of halogens is 1. The Morgan fingerprint density at radius 3 is 2.57 bits per heavy atom. The summed E-state index contributed by atoms with van der Waals surface area (Å²) in [5.74, 6) is -0.486. The molecule has 2 aliphatic rings. The van der Waals surface area contributed by atoms with E-state index in [4.69, 9.17) is 31.5 Å². The Morgan fingerprint density at radius 2 is 1.89 bits per heavy atom. The van der Waals surface area contributed by atoms with Gasteiger partial charge in [0.1, 0.15) is 10.8 Å². The predicted molar refractivity (Wildman–Crippen MR) is 101 cm³/mol. The molecule has 148 valence electrons. The molecule has 1 fully saturated rings. The van der Waals surface area contributed by atoms with Crippen LogP contribution in [0.5, 0.6) is 11.5 Å². The molecule has 0 amide bonds. The highest BCUT2D eigenvalue weighted by Gasteiger charge is 2.74. The van der Waals surface area contributed by atoms with Crippen LogP contribution in [-0.4, -0.2) is 38.6 Å². The highest BCUT2D eigenvalue weighted by Crippen LogP contribution is 2.57. The van der Waals surface area contributed by atoms with Crippen LogP contribution in [0.25, 0.3) is 0 Å². The van der Waals surface area contributed by atoms with Crippen LogP contribution < -0.4 is 15.2 Å². The summed E-state index contributed by atoms with van der Waals surface area (Å²) in [5.41, 5.74) is 5.22. The number of carbonyl (C=O) groups excluding carboxylic acids is 1. The van der Waals surface area contributed by atoms with Crippen molar-refractivity contribution in [2.24, 2.45) is 5.73 Å². The van der Waals surface area contributed by atoms with E-state index in [1.807, 2.05) is 0 Å². The third-order valence-corrected chi connectivity index (χ3v) is 7.55. The quantitative estimate of drug-likeness (QED) is 0.735. The van der Waals surface area contributed by atoms with Gasteiger partial charge in [0.25, 0.3) is 0 Å². The molecule has 9 heteroatoms. The van der Waals surface area contributed by atoms with Gasteiger partial charge in [0.05, 0.1) is 11.5 Å². The molecule has 0 bridgehead atoms. The molecule has 4 rings (SSSR count). The highest BCUT2D eigenvalue weighted by atomic mass is 35.5. The molecule has 1 saturated carbocycles. The Morgan fingerprint density at radius 1 is 1.21 bits per heavy atom. The van der Waals surface area contributed by atoms with E-state index >= 15 is 0 Å². The van der Waals surface area contributed by atoms with Crippen molar-refractivity contribution in [1.29, 1.82) is 0 Å². The zero-order valence-electron chi connectivity index (χ0n) is 14.9. The number of fused-ring (bicyclic) bond motifs is 1. The second-order valence-electron chi connectivity index (χ2n) is 6.66. The van der Waals surface area contributed by atoms with E-state index in [1.54, 1.807) is 25.1 Å². The maximum atomic E-state index is 13.3. The zero-order valence-corrected chi connectivity index (χ0v) is 16.5.